The number of H-pyrrole nitrogens is 1. The zero-order valence-corrected chi connectivity index (χ0v) is 24.2. The third-order valence-electron chi connectivity index (χ3n) is 7.77. The molecule has 1 unspecified atom stereocenters. The molecule has 0 bridgehead atoms. The number of benzene rings is 3. The standard InChI is InChI=1S/C34H35N3O6/c1-22(36-33(41)42-20-23-11-5-3-6-12-23)29(38)18-25(17-26-19-35-28-16-10-9-15-27(26)28)32(40)37-30(24-13-7-4-8-14-24)31(39)34(2)21-43-34/h3-16,19,22,25,30,35H,17-18,20-21H2,1-2H3,(H,36,41)(H,37,40)/t22-,25+,30-,34?/m0/s1. The van der Waals surface area contributed by atoms with E-state index in [1.807, 2.05) is 66.9 Å². The van der Waals surface area contributed by atoms with Crippen LogP contribution in [0.4, 0.5) is 4.79 Å². The first-order chi connectivity index (χ1) is 20.7. The van der Waals surface area contributed by atoms with Crippen molar-refractivity contribution in [3.05, 3.63) is 108 Å². The van der Waals surface area contributed by atoms with Gasteiger partial charge in [0, 0.05) is 29.4 Å². The monoisotopic (exact) mass is 581 g/mol. The minimum absolute atomic E-state index is 0.0662. The van der Waals surface area contributed by atoms with Gasteiger partial charge in [-0.1, -0.05) is 78.9 Å². The zero-order valence-electron chi connectivity index (χ0n) is 24.2. The summed E-state index contributed by atoms with van der Waals surface area (Å²) in [4.78, 5) is 56.3. The minimum atomic E-state index is -0.964. The van der Waals surface area contributed by atoms with Crippen LogP contribution in [0, 0.1) is 5.92 Å². The molecule has 1 saturated heterocycles. The van der Waals surface area contributed by atoms with E-state index in [1.165, 1.54) is 0 Å². The Morgan fingerprint density at radius 2 is 1.58 bits per heavy atom. The number of hydrogen-bond donors (Lipinski definition) is 3. The van der Waals surface area contributed by atoms with Crippen molar-refractivity contribution in [1.29, 1.82) is 0 Å². The van der Waals surface area contributed by atoms with Crippen molar-refractivity contribution in [3.63, 3.8) is 0 Å². The van der Waals surface area contributed by atoms with Gasteiger partial charge in [0.1, 0.15) is 18.2 Å². The normalized spacial score (nSPS) is 17.8. The predicted octanol–water partition coefficient (Wildman–Crippen LogP) is 4.82. The Balaban J connectivity index is 1.32. The van der Waals surface area contributed by atoms with Crippen molar-refractivity contribution < 1.29 is 28.7 Å². The molecule has 9 heteroatoms. The molecule has 3 aromatic carbocycles. The van der Waals surface area contributed by atoms with Crippen LogP contribution in [0.1, 0.15) is 43.0 Å². The lowest BCUT2D eigenvalue weighted by Crippen LogP contribution is -2.44. The van der Waals surface area contributed by atoms with Crippen molar-refractivity contribution >= 4 is 34.5 Å². The van der Waals surface area contributed by atoms with Gasteiger partial charge in [0.2, 0.25) is 5.91 Å². The quantitative estimate of drug-likeness (QED) is 0.194. The number of carbonyl (C=O) groups is 4. The van der Waals surface area contributed by atoms with Gasteiger partial charge < -0.3 is 25.1 Å². The van der Waals surface area contributed by atoms with Crippen LogP contribution in [0.2, 0.25) is 0 Å². The van der Waals surface area contributed by atoms with Gasteiger partial charge >= 0.3 is 6.09 Å². The molecule has 3 N–H and O–H groups in total. The number of alkyl carbamates (subject to hydrolysis) is 1. The molecule has 43 heavy (non-hydrogen) atoms. The molecule has 1 fully saturated rings. The predicted molar refractivity (Wildman–Crippen MR) is 161 cm³/mol. The maximum Gasteiger partial charge on any atom is 0.408 e. The molecule has 0 radical (unpaired) electrons. The van der Waals surface area contributed by atoms with Gasteiger partial charge in [-0.3, -0.25) is 14.4 Å². The maximum absolute atomic E-state index is 13.9. The van der Waals surface area contributed by atoms with Crippen molar-refractivity contribution in [2.24, 2.45) is 5.92 Å². The Kier molecular flexibility index (Phi) is 9.01. The largest absolute Gasteiger partial charge is 0.445 e. The summed E-state index contributed by atoms with van der Waals surface area (Å²) < 4.78 is 10.7. The van der Waals surface area contributed by atoms with Gasteiger partial charge in [0.25, 0.3) is 0 Å². The first-order valence-corrected chi connectivity index (χ1v) is 14.3. The molecule has 4 atom stereocenters. The second-order valence-electron chi connectivity index (χ2n) is 11.1. The topological polar surface area (TPSA) is 130 Å². The average Bonchev–Trinajstić information content (AvgIpc) is 3.66. The fourth-order valence-electron chi connectivity index (χ4n) is 5.03. The molecular formula is C34H35N3O6. The van der Waals surface area contributed by atoms with E-state index in [-0.39, 0.29) is 37.6 Å². The lowest BCUT2D eigenvalue weighted by atomic mass is 9.89. The Morgan fingerprint density at radius 3 is 2.28 bits per heavy atom. The van der Waals surface area contributed by atoms with Crippen LogP contribution < -0.4 is 10.6 Å². The summed E-state index contributed by atoms with van der Waals surface area (Å²) in [6, 6.07) is 24.1. The molecule has 5 rings (SSSR count). The highest BCUT2D eigenvalue weighted by molar-refractivity contribution is 5.98. The van der Waals surface area contributed by atoms with Crippen LogP contribution in [0.3, 0.4) is 0 Å². The summed E-state index contributed by atoms with van der Waals surface area (Å²) in [7, 11) is 0. The van der Waals surface area contributed by atoms with Gasteiger partial charge in [0.15, 0.2) is 11.6 Å². The van der Waals surface area contributed by atoms with Gasteiger partial charge in [0.05, 0.1) is 12.6 Å². The van der Waals surface area contributed by atoms with Crippen molar-refractivity contribution in [3.8, 4) is 0 Å². The number of para-hydroxylation sites is 1. The molecule has 2 amide bonds. The Labute approximate surface area is 250 Å². The van der Waals surface area contributed by atoms with Crippen molar-refractivity contribution in [1.82, 2.24) is 15.6 Å². The van der Waals surface area contributed by atoms with E-state index in [9.17, 15) is 19.2 Å². The number of epoxide rings is 1. The maximum atomic E-state index is 13.9. The highest BCUT2D eigenvalue weighted by atomic mass is 16.6. The van der Waals surface area contributed by atoms with Crippen LogP contribution in [-0.4, -0.2) is 46.8 Å². The second kappa shape index (κ2) is 13.0. The van der Waals surface area contributed by atoms with E-state index >= 15 is 0 Å². The van der Waals surface area contributed by atoms with Crippen LogP contribution >= 0.6 is 0 Å². The Hall–Kier alpha value is -4.76. The number of aromatic amines is 1. The molecule has 9 nitrogen and oxygen atoms in total. The van der Waals surface area contributed by atoms with E-state index < -0.39 is 35.6 Å². The number of hydrogen-bond acceptors (Lipinski definition) is 6. The Bertz CT molecular complexity index is 1600. The fourth-order valence-corrected chi connectivity index (χ4v) is 5.03. The van der Waals surface area contributed by atoms with E-state index in [0.717, 1.165) is 22.0 Å². The van der Waals surface area contributed by atoms with Crippen molar-refractivity contribution in [2.45, 2.75) is 51.0 Å². The number of ketones is 2. The van der Waals surface area contributed by atoms with Gasteiger partial charge in [-0.25, -0.2) is 4.79 Å². The van der Waals surface area contributed by atoms with Crippen molar-refractivity contribution in [2.75, 3.05) is 6.61 Å². The van der Waals surface area contributed by atoms with Gasteiger partial charge in [-0.2, -0.15) is 0 Å². The second-order valence-corrected chi connectivity index (χ2v) is 11.1. The van der Waals surface area contributed by atoms with E-state index in [1.54, 1.807) is 38.1 Å². The number of fused-ring (bicyclic) bond motifs is 1. The first kappa shape index (κ1) is 29.7. The summed E-state index contributed by atoms with van der Waals surface area (Å²) in [5, 5.41) is 6.44. The molecule has 1 aromatic heterocycles. The number of Topliss-reactive ketones (excluding diaryl/α,β-unsaturated/α-hetero) is 2. The Morgan fingerprint density at radius 1 is 0.930 bits per heavy atom. The molecule has 0 aliphatic carbocycles. The summed E-state index contributed by atoms with van der Waals surface area (Å²) in [6.07, 6.45) is 1.19. The molecule has 0 spiro atoms. The fraction of sp³-hybridized carbons (Fsp3) is 0.294. The molecule has 1 aliphatic rings. The highest BCUT2D eigenvalue weighted by Gasteiger charge is 2.50. The minimum Gasteiger partial charge on any atom is -0.445 e. The number of carbonyl (C=O) groups excluding carboxylic acids is 4. The number of aromatic nitrogens is 1. The lowest BCUT2D eigenvalue weighted by molar-refractivity contribution is -0.134. The number of ether oxygens (including phenoxy) is 2. The summed E-state index contributed by atoms with van der Waals surface area (Å²) in [5.41, 5.74) is 2.27. The van der Waals surface area contributed by atoms with Crippen LogP contribution in [-0.2, 0) is 36.9 Å². The van der Waals surface area contributed by atoms with Gasteiger partial charge in [-0.15, -0.1) is 0 Å². The molecule has 222 valence electrons. The van der Waals surface area contributed by atoms with E-state index in [4.69, 9.17) is 9.47 Å². The van der Waals surface area contributed by atoms with E-state index in [2.05, 4.69) is 15.6 Å². The lowest BCUT2D eigenvalue weighted by Gasteiger charge is -2.24. The van der Waals surface area contributed by atoms with Crippen LogP contribution in [0.25, 0.3) is 10.9 Å². The molecule has 4 aromatic rings. The number of rotatable bonds is 13. The molecular weight excluding hydrogens is 546 g/mol. The molecule has 0 saturated carbocycles. The van der Waals surface area contributed by atoms with Crippen LogP contribution in [0.15, 0.2) is 91.1 Å². The zero-order chi connectivity index (χ0) is 30.4. The van der Waals surface area contributed by atoms with Crippen LogP contribution in [0.5, 0.6) is 0 Å². The van der Waals surface area contributed by atoms with E-state index in [0.29, 0.717) is 5.56 Å². The first-order valence-electron chi connectivity index (χ1n) is 14.3. The molecule has 2 heterocycles. The third kappa shape index (κ3) is 7.37. The number of amides is 2. The third-order valence-corrected chi connectivity index (χ3v) is 7.77. The summed E-state index contributed by atoms with van der Waals surface area (Å²) in [6.45, 7) is 3.62. The summed E-state index contributed by atoms with van der Waals surface area (Å²) in [5.74, 6) is -1.84. The number of nitrogens with one attached hydrogen (secondary N) is 3. The smallest absolute Gasteiger partial charge is 0.408 e. The summed E-state index contributed by atoms with van der Waals surface area (Å²) >= 11 is 0. The average molecular weight is 582 g/mol. The SMILES string of the molecule is C[C@H](NC(=O)OCc1ccccc1)C(=O)C[C@@H](Cc1c[nH]c2ccccc12)C(=O)N[C@H](C(=O)C1(C)CO1)c1ccccc1. The molecule has 1 aliphatic heterocycles. The van der Waals surface area contributed by atoms with Gasteiger partial charge in [-0.05, 0) is 43.0 Å². The highest BCUT2D eigenvalue weighted by Crippen LogP contribution is 2.33.